The van der Waals surface area contributed by atoms with E-state index in [-0.39, 0.29) is 11.6 Å². The van der Waals surface area contributed by atoms with Crippen molar-refractivity contribution in [2.24, 2.45) is 11.8 Å². The quantitative estimate of drug-likeness (QED) is 0.340. The number of aldehydes is 1. The smallest absolute Gasteiger partial charge is 0.296 e. The zero-order valence-corrected chi connectivity index (χ0v) is 20.7. The van der Waals surface area contributed by atoms with E-state index >= 15 is 0 Å². The largest absolute Gasteiger partial charge is 0.329 e. The molecule has 2 aromatic carbocycles. The fourth-order valence-electron chi connectivity index (χ4n) is 4.37. The Morgan fingerprint density at radius 1 is 0.943 bits per heavy atom. The molecule has 2 aromatic heterocycles. The van der Waals surface area contributed by atoms with E-state index in [2.05, 4.69) is 48.3 Å². The molecule has 0 unspecified atom stereocenters. The fraction of sp³-hybridized carbons (Fsp3) is 0.370. The van der Waals surface area contributed by atoms with Crippen LogP contribution in [0.3, 0.4) is 0 Å². The molecule has 0 saturated heterocycles. The number of imidazole rings is 1. The minimum absolute atomic E-state index is 0.119. The van der Waals surface area contributed by atoms with Gasteiger partial charge in [-0.15, -0.1) is 5.10 Å². The standard InChI is InChI=1S/C27H32N6O2/c1-18(2)9-14-24-25(17-34)32(15-19(3)4)27(35)33(24)16-20-10-12-21(13-11-20)22-7-5-6-8-23(22)26-28-30-31-29-26/h5-8,10-13,17-19H,9,14-16H2,1-4H3,(H,28,29,30,31). The van der Waals surface area contributed by atoms with Gasteiger partial charge < -0.3 is 0 Å². The first-order valence-electron chi connectivity index (χ1n) is 12.1. The number of aromatic amines is 1. The Morgan fingerprint density at radius 3 is 2.26 bits per heavy atom. The highest BCUT2D eigenvalue weighted by Crippen LogP contribution is 2.30. The molecule has 0 fully saturated rings. The summed E-state index contributed by atoms with van der Waals surface area (Å²) >= 11 is 0. The molecule has 4 aromatic rings. The van der Waals surface area contributed by atoms with Crippen LogP contribution in [0.1, 0.15) is 55.9 Å². The van der Waals surface area contributed by atoms with Gasteiger partial charge >= 0.3 is 5.69 Å². The Hall–Kier alpha value is -3.81. The maximum absolute atomic E-state index is 13.4. The third kappa shape index (κ3) is 5.31. The van der Waals surface area contributed by atoms with Crippen molar-refractivity contribution in [3.05, 3.63) is 76.0 Å². The van der Waals surface area contributed by atoms with Crippen LogP contribution in [0, 0.1) is 11.8 Å². The van der Waals surface area contributed by atoms with Gasteiger partial charge in [-0.2, -0.15) is 0 Å². The van der Waals surface area contributed by atoms with Gasteiger partial charge in [0.25, 0.3) is 0 Å². The van der Waals surface area contributed by atoms with E-state index in [1.807, 2.05) is 48.5 Å². The monoisotopic (exact) mass is 472 g/mol. The van der Waals surface area contributed by atoms with E-state index in [1.165, 1.54) is 0 Å². The van der Waals surface area contributed by atoms with Crippen molar-refractivity contribution in [3.8, 4) is 22.5 Å². The Balaban J connectivity index is 1.68. The second-order valence-electron chi connectivity index (χ2n) is 9.75. The number of carbonyl (C=O) groups excluding carboxylic acids is 1. The summed E-state index contributed by atoms with van der Waals surface area (Å²) in [7, 11) is 0. The highest BCUT2D eigenvalue weighted by atomic mass is 16.2. The number of benzene rings is 2. The highest BCUT2D eigenvalue weighted by molar-refractivity contribution is 5.80. The van der Waals surface area contributed by atoms with Crippen molar-refractivity contribution in [2.75, 3.05) is 0 Å². The number of nitrogens with one attached hydrogen (secondary N) is 1. The molecule has 8 nitrogen and oxygen atoms in total. The number of aromatic nitrogens is 6. The van der Waals surface area contributed by atoms with Crippen LogP contribution in [0.4, 0.5) is 0 Å². The molecule has 0 spiro atoms. The highest BCUT2D eigenvalue weighted by Gasteiger charge is 2.20. The van der Waals surface area contributed by atoms with Gasteiger partial charge in [0.2, 0.25) is 0 Å². The van der Waals surface area contributed by atoms with Crippen molar-refractivity contribution in [3.63, 3.8) is 0 Å². The number of hydrogen-bond donors (Lipinski definition) is 1. The van der Waals surface area contributed by atoms with Gasteiger partial charge in [-0.25, -0.2) is 9.89 Å². The number of H-pyrrole nitrogens is 1. The molecule has 0 atom stereocenters. The molecule has 182 valence electrons. The molecule has 2 heterocycles. The average molecular weight is 473 g/mol. The van der Waals surface area contributed by atoms with Crippen LogP contribution in [-0.2, 0) is 19.5 Å². The minimum Gasteiger partial charge on any atom is -0.296 e. The van der Waals surface area contributed by atoms with E-state index in [0.29, 0.717) is 36.9 Å². The predicted molar refractivity (Wildman–Crippen MR) is 136 cm³/mol. The molecule has 4 rings (SSSR count). The topological polar surface area (TPSA) is 98.5 Å². The average Bonchev–Trinajstić information content (AvgIpc) is 3.46. The van der Waals surface area contributed by atoms with E-state index in [9.17, 15) is 9.59 Å². The molecule has 0 amide bonds. The number of tetrazole rings is 1. The third-order valence-electron chi connectivity index (χ3n) is 6.13. The fourth-order valence-corrected chi connectivity index (χ4v) is 4.37. The Labute approximate surface area is 205 Å². The van der Waals surface area contributed by atoms with Crippen LogP contribution in [0.25, 0.3) is 22.5 Å². The van der Waals surface area contributed by atoms with Crippen LogP contribution < -0.4 is 5.69 Å². The van der Waals surface area contributed by atoms with Gasteiger partial charge in [0, 0.05) is 12.1 Å². The van der Waals surface area contributed by atoms with E-state index in [1.54, 1.807) is 9.13 Å². The van der Waals surface area contributed by atoms with Gasteiger partial charge in [-0.1, -0.05) is 76.2 Å². The Morgan fingerprint density at radius 2 is 1.66 bits per heavy atom. The third-order valence-corrected chi connectivity index (χ3v) is 6.13. The van der Waals surface area contributed by atoms with Crippen LogP contribution in [0.15, 0.2) is 53.3 Å². The Bertz CT molecular complexity index is 1330. The van der Waals surface area contributed by atoms with Crippen LogP contribution >= 0.6 is 0 Å². The maximum atomic E-state index is 13.4. The lowest BCUT2D eigenvalue weighted by Gasteiger charge is -2.11. The number of nitrogens with zero attached hydrogens (tertiary/aromatic N) is 5. The minimum atomic E-state index is -0.119. The molecule has 0 aliphatic carbocycles. The van der Waals surface area contributed by atoms with Gasteiger partial charge in [0.15, 0.2) is 12.1 Å². The first-order chi connectivity index (χ1) is 16.9. The van der Waals surface area contributed by atoms with Crippen molar-refractivity contribution in [1.82, 2.24) is 29.8 Å². The molecule has 0 aliphatic heterocycles. The molecular formula is C27H32N6O2. The first kappa shape index (κ1) is 24.3. The van der Waals surface area contributed by atoms with Gasteiger partial charge in [-0.05, 0) is 51.8 Å². The number of carbonyl (C=O) groups is 1. The summed E-state index contributed by atoms with van der Waals surface area (Å²) in [6.07, 6.45) is 2.45. The maximum Gasteiger partial charge on any atom is 0.329 e. The molecule has 8 heteroatoms. The van der Waals surface area contributed by atoms with Gasteiger partial charge in [-0.3, -0.25) is 13.9 Å². The summed E-state index contributed by atoms with van der Waals surface area (Å²) in [5, 5.41) is 14.3. The molecule has 0 radical (unpaired) electrons. The van der Waals surface area contributed by atoms with Crippen molar-refractivity contribution < 1.29 is 4.79 Å². The Kier molecular flexibility index (Phi) is 7.39. The summed E-state index contributed by atoms with van der Waals surface area (Å²) < 4.78 is 3.42. The lowest BCUT2D eigenvalue weighted by atomic mass is 9.98. The van der Waals surface area contributed by atoms with Crippen LogP contribution in [-0.4, -0.2) is 36.0 Å². The van der Waals surface area contributed by atoms with Crippen molar-refractivity contribution >= 4 is 6.29 Å². The van der Waals surface area contributed by atoms with Crippen LogP contribution in [0.5, 0.6) is 0 Å². The molecule has 0 bridgehead atoms. The second-order valence-corrected chi connectivity index (χ2v) is 9.75. The zero-order chi connectivity index (χ0) is 24.9. The molecule has 35 heavy (non-hydrogen) atoms. The zero-order valence-electron chi connectivity index (χ0n) is 20.7. The molecular weight excluding hydrogens is 440 g/mol. The van der Waals surface area contributed by atoms with E-state index in [4.69, 9.17) is 0 Å². The summed E-state index contributed by atoms with van der Waals surface area (Å²) in [6.45, 7) is 9.36. The predicted octanol–water partition coefficient (Wildman–Crippen LogP) is 4.60. The number of rotatable bonds is 10. The van der Waals surface area contributed by atoms with Crippen molar-refractivity contribution in [1.29, 1.82) is 0 Å². The normalized spacial score (nSPS) is 11.5. The summed E-state index contributed by atoms with van der Waals surface area (Å²) in [4.78, 5) is 25.4. The summed E-state index contributed by atoms with van der Waals surface area (Å²) in [5.41, 5.74) is 5.17. The molecule has 0 saturated carbocycles. The first-order valence-corrected chi connectivity index (χ1v) is 12.1. The number of hydrogen-bond acceptors (Lipinski definition) is 5. The van der Waals surface area contributed by atoms with Crippen molar-refractivity contribution in [2.45, 2.75) is 53.6 Å². The lowest BCUT2D eigenvalue weighted by Crippen LogP contribution is -2.27. The molecule has 1 N–H and O–H groups in total. The van der Waals surface area contributed by atoms with Gasteiger partial charge in [0.1, 0.15) is 5.69 Å². The van der Waals surface area contributed by atoms with Crippen LogP contribution in [0.2, 0.25) is 0 Å². The van der Waals surface area contributed by atoms with E-state index < -0.39 is 0 Å². The second kappa shape index (κ2) is 10.6. The lowest BCUT2D eigenvalue weighted by molar-refractivity contribution is 0.111. The van der Waals surface area contributed by atoms with E-state index in [0.717, 1.165) is 40.7 Å². The molecule has 0 aliphatic rings. The SMILES string of the molecule is CC(C)CCc1c(C=O)n(CC(C)C)c(=O)n1Cc1ccc(-c2ccccc2-c2nnn[nH]2)cc1. The van der Waals surface area contributed by atoms with Gasteiger partial charge in [0.05, 0.1) is 12.2 Å². The summed E-state index contributed by atoms with van der Waals surface area (Å²) in [6, 6.07) is 16.1. The summed E-state index contributed by atoms with van der Waals surface area (Å²) in [5.74, 6) is 1.35.